The number of rotatable bonds is 6. The zero-order chi connectivity index (χ0) is 17.6. The summed E-state index contributed by atoms with van der Waals surface area (Å²) >= 11 is 1.52. The van der Waals surface area contributed by atoms with Crippen molar-refractivity contribution in [1.29, 1.82) is 0 Å². The van der Waals surface area contributed by atoms with Crippen LogP contribution in [0.2, 0.25) is 0 Å². The van der Waals surface area contributed by atoms with E-state index in [1.165, 1.54) is 22.1 Å². The molecule has 1 amide bonds. The van der Waals surface area contributed by atoms with E-state index in [0.717, 1.165) is 22.0 Å². The molecule has 0 fully saturated rings. The lowest BCUT2D eigenvalue weighted by atomic mass is 10.1. The number of carbonyl (C=O) groups excluding carboxylic acids is 1. The van der Waals surface area contributed by atoms with Crippen LogP contribution in [0.5, 0.6) is 0 Å². The summed E-state index contributed by atoms with van der Waals surface area (Å²) in [5.41, 5.74) is 2.24. The first-order valence-corrected chi connectivity index (χ1v) is 8.81. The Labute approximate surface area is 149 Å². The van der Waals surface area contributed by atoms with Crippen LogP contribution in [0.25, 0.3) is 11.3 Å². The van der Waals surface area contributed by atoms with Gasteiger partial charge in [0.25, 0.3) is 5.56 Å². The molecule has 0 saturated carbocycles. The SMILES string of the molecule is Cc1nc(CC(=O)NCCn2nc(-c3ccccc3)ccc2=O)cs1. The van der Waals surface area contributed by atoms with E-state index < -0.39 is 0 Å². The maximum Gasteiger partial charge on any atom is 0.266 e. The van der Waals surface area contributed by atoms with E-state index in [4.69, 9.17) is 0 Å². The Bertz CT molecular complexity index is 918. The molecule has 0 aliphatic carbocycles. The van der Waals surface area contributed by atoms with Crippen molar-refractivity contribution < 1.29 is 4.79 Å². The topological polar surface area (TPSA) is 76.9 Å². The molecule has 2 aromatic heterocycles. The maximum atomic E-state index is 12.0. The van der Waals surface area contributed by atoms with E-state index in [9.17, 15) is 9.59 Å². The molecular weight excluding hydrogens is 336 g/mol. The van der Waals surface area contributed by atoms with E-state index in [-0.39, 0.29) is 17.9 Å². The van der Waals surface area contributed by atoms with Gasteiger partial charge in [-0.2, -0.15) is 5.10 Å². The van der Waals surface area contributed by atoms with E-state index in [2.05, 4.69) is 15.4 Å². The predicted molar refractivity (Wildman–Crippen MR) is 97.5 cm³/mol. The van der Waals surface area contributed by atoms with Gasteiger partial charge in [0.1, 0.15) is 0 Å². The highest BCUT2D eigenvalue weighted by molar-refractivity contribution is 7.09. The first-order valence-electron chi connectivity index (χ1n) is 7.93. The van der Waals surface area contributed by atoms with Crippen LogP contribution in [-0.2, 0) is 17.8 Å². The summed E-state index contributed by atoms with van der Waals surface area (Å²) in [4.78, 5) is 28.1. The second kappa shape index (κ2) is 7.85. The lowest BCUT2D eigenvalue weighted by Gasteiger charge is -2.08. The molecule has 0 aliphatic heterocycles. The number of aromatic nitrogens is 3. The minimum atomic E-state index is -0.191. The molecule has 128 valence electrons. The minimum absolute atomic E-state index is 0.113. The number of hydrogen-bond donors (Lipinski definition) is 1. The lowest BCUT2D eigenvalue weighted by molar-refractivity contribution is -0.120. The summed E-state index contributed by atoms with van der Waals surface area (Å²) < 4.78 is 1.37. The van der Waals surface area contributed by atoms with Crippen molar-refractivity contribution in [1.82, 2.24) is 20.1 Å². The van der Waals surface area contributed by atoms with Crippen LogP contribution in [-0.4, -0.2) is 27.2 Å². The van der Waals surface area contributed by atoms with Crippen molar-refractivity contribution in [2.24, 2.45) is 0 Å². The van der Waals surface area contributed by atoms with Crippen LogP contribution in [0.1, 0.15) is 10.7 Å². The lowest BCUT2D eigenvalue weighted by Crippen LogP contribution is -2.32. The van der Waals surface area contributed by atoms with E-state index >= 15 is 0 Å². The molecule has 7 heteroatoms. The molecule has 0 bridgehead atoms. The van der Waals surface area contributed by atoms with E-state index in [1.807, 2.05) is 42.6 Å². The number of benzene rings is 1. The van der Waals surface area contributed by atoms with Crippen molar-refractivity contribution in [2.75, 3.05) is 6.54 Å². The number of nitrogens with zero attached hydrogens (tertiary/aromatic N) is 3. The molecule has 6 nitrogen and oxygen atoms in total. The van der Waals surface area contributed by atoms with E-state index in [0.29, 0.717) is 13.1 Å². The van der Waals surface area contributed by atoms with Crippen LogP contribution in [0, 0.1) is 6.92 Å². The van der Waals surface area contributed by atoms with Crippen molar-refractivity contribution in [3.05, 3.63) is 68.9 Å². The number of thiazole rings is 1. The van der Waals surface area contributed by atoms with Gasteiger partial charge < -0.3 is 5.32 Å². The van der Waals surface area contributed by atoms with Gasteiger partial charge in [0.15, 0.2) is 0 Å². The Balaban J connectivity index is 1.59. The van der Waals surface area contributed by atoms with Crippen molar-refractivity contribution in [3.8, 4) is 11.3 Å². The van der Waals surface area contributed by atoms with Gasteiger partial charge in [0.2, 0.25) is 5.91 Å². The minimum Gasteiger partial charge on any atom is -0.354 e. The first-order chi connectivity index (χ1) is 12.1. The molecule has 0 atom stereocenters. The highest BCUT2D eigenvalue weighted by atomic mass is 32.1. The predicted octanol–water partition coefficient (Wildman–Crippen LogP) is 2.03. The van der Waals surface area contributed by atoms with Gasteiger partial charge in [0, 0.05) is 23.6 Å². The highest BCUT2D eigenvalue weighted by Gasteiger charge is 2.07. The second-order valence-electron chi connectivity index (χ2n) is 5.53. The van der Waals surface area contributed by atoms with Crippen molar-refractivity contribution >= 4 is 17.2 Å². The molecule has 3 rings (SSSR count). The summed E-state index contributed by atoms with van der Waals surface area (Å²) in [6.45, 7) is 2.57. The van der Waals surface area contributed by atoms with Crippen LogP contribution < -0.4 is 10.9 Å². The molecule has 0 aliphatic rings. The molecule has 25 heavy (non-hydrogen) atoms. The molecule has 1 aromatic carbocycles. The third kappa shape index (κ3) is 4.60. The molecule has 3 aromatic rings. The maximum absolute atomic E-state index is 12.0. The Morgan fingerprint density at radius 2 is 2.00 bits per heavy atom. The summed E-state index contributed by atoms with van der Waals surface area (Å²) in [5.74, 6) is -0.113. The van der Waals surface area contributed by atoms with Crippen LogP contribution in [0.3, 0.4) is 0 Å². The number of hydrogen-bond acceptors (Lipinski definition) is 5. The molecular formula is C18H18N4O2S. The number of amides is 1. The molecule has 0 unspecified atom stereocenters. The molecule has 0 radical (unpaired) electrons. The van der Waals surface area contributed by atoms with Crippen molar-refractivity contribution in [3.63, 3.8) is 0 Å². The Kier molecular flexibility index (Phi) is 5.35. The number of nitrogens with one attached hydrogen (secondary N) is 1. The van der Waals surface area contributed by atoms with Gasteiger partial charge >= 0.3 is 0 Å². The third-order valence-corrected chi connectivity index (χ3v) is 4.41. The fraction of sp³-hybridized carbons (Fsp3) is 0.222. The molecule has 0 spiro atoms. The zero-order valence-corrected chi connectivity index (χ0v) is 14.6. The second-order valence-corrected chi connectivity index (χ2v) is 6.59. The van der Waals surface area contributed by atoms with Crippen LogP contribution >= 0.6 is 11.3 Å². The summed E-state index contributed by atoms with van der Waals surface area (Å²) in [5, 5.41) is 9.99. The van der Waals surface area contributed by atoms with Gasteiger partial charge in [0.05, 0.1) is 29.4 Å². The van der Waals surface area contributed by atoms with Crippen LogP contribution in [0.4, 0.5) is 0 Å². The van der Waals surface area contributed by atoms with Gasteiger partial charge in [-0.15, -0.1) is 11.3 Å². The average Bonchev–Trinajstić information content (AvgIpc) is 3.02. The van der Waals surface area contributed by atoms with Gasteiger partial charge in [-0.05, 0) is 13.0 Å². The third-order valence-electron chi connectivity index (χ3n) is 3.59. The molecule has 0 saturated heterocycles. The summed E-state index contributed by atoms with van der Waals surface area (Å²) in [7, 11) is 0. The monoisotopic (exact) mass is 354 g/mol. The van der Waals surface area contributed by atoms with E-state index in [1.54, 1.807) is 6.07 Å². The van der Waals surface area contributed by atoms with Crippen molar-refractivity contribution in [2.45, 2.75) is 19.9 Å². The fourth-order valence-corrected chi connectivity index (χ4v) is 3.00. The molecule has 1 N–H and O–H groups in total. The number of aryl methyl sites for hydroxylation is 1. The smallest absolute Gasteiger partial charge is 0.266 e. The summed E-state index contributed by atoms with van der Waals surface area (Å²) in [6, 6.07) is 12.9. The Morgan fingerprint density at radius 3 is 2.72 bits per heavy atom. The quantitative estimate of drug-likeness (QED) is 0.735. The standard InChI is InChI=1S/C18H18N4O2S/c1-13-20-15(12-25-13)11-17(23)19-9-10-22-18(24)8-7-16(21-22)14-5-3-2-4-6-14/h2-8,12H,9-11H2,1H3,(H,19,23). The summed E-state index contributed by atoms with van der Waals surface area (Å²) in [6.07, 6.45) is 0.247. The van der Waals surface area contributed by atoms with Gasteiger partial charge in [-0.3, -0.25) is 9.59 Å². The largest absolute Gasteiger partial charge is 0.354 e. The van der Waals surface area contributed by atoms with Gasteiger partial charge in [-0.25, -0.2) is 9.67 Å². The first kappa shape index (κ1) is 17.0. The van der Waals surface area contributed by atoms with Gasteiger partial charge in [-0.1, -0.05) is 30.3 Å². The fourth-order valence-electron chi connectivity index (χ4n) is 2.39. The highest BCUT2D eigenvalue weighted by Crippen LogP contribution is 2.13. The number of carbonyl (C=O) groups is 1. The zero-order valence-electron chi connectivity index (χ0n) is 13.8. The molecule has 2 heterocycles. The Hall–Kier alpha value is -2.80. The normalized spacial score (nSPS) is 10.6. The Morgan fingerprint density at radius 1 is 1.20 bits per heavy atom. The van der Waals surface area contributed by atoms with Crippen LogP contribution in [0.15, 0.2) is 52.6 Å². The average molecular weight is 354 g/mol.